The Kier molecular flexibility index (Phi) is 4.75. The van der Waals surface area contributed by atoms with Crippen molar-refractivity contribution in [1.29, 1.82) is 0 Å². The largest absolute Gasteiger partial charge is 0.356 e. The van der Waals surface area contributed by atoms with Crippen molar-refractivity contribution in [3.8, 4) is 0 Å². The first-order chi connectivity index (χ1) is 6.36. The molecule has 1 rings (SSSR count). The Morgan fingerprint density at radius 2 is 1.77 bits per heavy atom. The summed E-state index contributed by atoms with van der Waals surface area (Å²) in [5.41, 5.74) is 0. The zero-order valence-corrected chi connectivity index (χ0v) is 9.61. The van der Waals surface area contributed by atoms with Crippen LogP contribution >= 0.6 is 0 Å². The van der Waals surface area contributed by atoms with Gasteiger partial charge in [-0.25, -0.2) is 0 Å². The van der Waals surface area contributed by atoms with Gasteiger partial charge in [-0.3, -0.25) is 0 Å². The van der Waals surface area contributed by atoms with Crippen molar-refractivity contribution >= 4 is 14.7 Å². The zero-order chi connectivity index (χ0) is 9.52. The topological polar surface area (TPSA) is 18.5 Å². The zero-order valence-electron chi connectivity index (χ0n) is 8.19. The van der Waals surface area contributed by atoms with E-state index in [4.69, 9.17) is 9.47 Å². The number of ether oxygens (including phenoxy) is 2. The minimum absolute atomic E-state index is 0.0214. The van der Waals surface area contributed by atoms with Gasteiger partial charge in [-0.1, -0.05) is 35.5 Å². The summed E-state index contributed by atoms with van der Waals surface area (Å²) in [5, 5.41) is 1.46. The molecule has 3 heteroatoms. The van der Waals surface area contributed by atoms with Crippen LogP contribution in [0.3, 0.4) is 0 Å². The average Bonchev–Trinajstić information content (AvgIpc) is 2.21. The van der Waals surface area contributed by atoms with Crippen LogP contribution in [0.25, 0.3) is 0 Å². The second-order valence-electron chi connectivity index (χ2n) is 2.93. The van der Waals surface area contributed by atoms with Crippen LogP contribution in [0.5, 0.6) is 0 Å². The van der Waals surface area contributed by atoms with Crippen molar-refractivity contribution in [3.05, 3.63) is 30.3 Å². The van der Waals surface area contributed by atoms with Gasteiger partial charge in [-0.2, -0.15) is 0 Å². The lowest BCUT2D eigenvalue weighted by molar-refractivity contribution is -0.0874. The molecule has 0 N–H and O–H groups in total. The van der Waals surface area contributed by atoms with Gasteiger partial charge >= 0.3 is 0 Å². The fourth-order valence-electron chi connectivity index (χ4n) is 1.26. The molecule has 0 heterocycles. The Labute approximate surface area is 81.7 Å². The maximum absolute atomic E-state index is 5.13. The molecule has 0 bridgehead atoms. The first kappa shape index (κ1) is 10.4. The molecule has 0 radical (unpaired) electrons. The number of methoxy groups -OCH3 is 2. The molecule has 0 aliphatic rings. The fraction of sp³-hybridized carbons (Fsp3) is 0.400. The smallest absolute Gasteiger partial charge is 0.154 e. The van der Waals surface area contributed by atoms with Crippen LogP contribution in [-0.4, -0.2) is 30.0 Å². The van der Waals surface area contributed by atoms with E-state index < -0.39 is 0 Å². The molecular weight excluding hydrogens is 180 g/mol. The van der Waals surface area contributed by atoms with Crippen LogP contribution in [0.2, 0.25) is 6.04 Å². The van der Waals surface area contributed by atoms with Crippen molar-refractivity contribution in [2.75, 3.05) is 14.2 Å². The summed E-state index contributed by atoms with van der Waals surface area (Å²) in [7, 11) is 3.15. The molecule has 1 aromatic carbocycles. The number of benzene rings is 1. The molecule has 72 valence electrons. The van der Waals surface area contributed by atoms with Gasteiger partial charge in [0, 0.05) is 14.2 Å². The molecule has 13 heavy (non-hydrogen) atoms. The molecular formula is C10H16O2Si. The molecule has 1 aromatic rings. The molecule has 0 aromatic heterocycles. The standard InChI is InChI=1S/C10H16O2Si/c1-11-10(12-2)8-13-9-6-4-3-5-7-9/h3-7,10H,8,13H2,1-2H3. The predicted molar refractivity (Wildman–Crippen MR) is 57.2 cm³/mol. The lowest BCUT2D eigenvalue weighted by Gasteiger charge is -2.12. The highest BCUT2D eigenvalue weighted by atomic mass is 28.2. The van der Waals surface area contributed by atoms with Crippen molar-refractivity contribution < 1.29 is 9.47 Å². The average molecular weight is 196 g/mol. The maximum atomic E-state index is 5.13. The fourth-order valence-corrected chi connectivity index (χ4v) is 2.91. The van der Waals surface area contributed by atoms with Gasteiger partial charge in [0.1, 0.15) is 0 Å². The first-order valence-electron chi connectivity index (χ1n) is 4.46. The monoisotopic (exact) mass is 196 g/mol. The molecule has 0 amide bonds. The van der Waals surface area contributed by atoms with E-state index in [-0.39, 0.29) is 15.8 Å². The minimum atomic E-state index is -0.231. The number of hydrogen-bond donors (Lipinski definition) is 0. The van der Waals surface area contributed by atoms with E-state index in [0.29, 0.717) is 0 Å². The Morgan fingerprint density at radius 1 is 1.15 bits per heavy atom. The molecule has 0 spiro atoms. The van der Waals surface area contributed by atoms with Crippen LogP contribution in [0.4, 0.5) is 0 Å². The van der Waals surface area contributed by atoms with Gasteiger partial charge in [-0.15, -0.1) is 0 Å². The molecule has 0 saturated heterocycles. The summed E-state index contributed by atoms with van der Waals surface area (Å²) < 4.78 is 10.3. The van der Waals surface area contributed by atoms with Gasteiger partial charge in [0.05, 0.1) is 9.52 Å². The molecule has 0 aliphatic carbocycles. The third-order valence-electron chi connectivity index (χ3n) is 2.04. The highest BCUT2D eigenvalue weighted by molar-refractivity contribution is 6.53. The van der Waals surface area contributed by atoms with E-state index >= 15 is 0 Å². The summed E-state index contributed by atoms with van der Waals surface area (Å²) in [6, 6.07) is 11.6. The van der Waals surface area contributed by atoms with E-state index in [9.17, 15) is 0 Å². The molecule has 0 atom stereocenters. The maximum Gasteiger partial charge on any atom is 0.154 e. The van der Waals surface area contributed by atoms with Crippen LogP contribution in [0, 0.1) is 0 Å². The van der Waals surface area contributed by atoms with Gasteiger partial charge in [0.15, 0.2) is 6.29 Å². The first-order valence-corrected chi connectivity index (χ1v) is 6.17. The second kappa shape index (κ2) is 5.91. The molecule has 0 fully saturated rings. The molecule has 2 nitrogen and oxygen atoms in total. The number of rotatable bonds is 5. The summed E-state index contributed by atoms with van der Waals surface area (Å²) in [6.07, 6.45) is -0.0214. The number of hydrogen-bond acceptors (Lipinski definition) is 2. The summed E-state index contributed by atoms with van der Waals surface area (Å²) in [6.45, 7) is 0. The molecule has 0 aliphatic heterocycles. The van der Waals surface area contributed by atoms with Crippen LogP contribution in [-0.2, 0) is 9.47 Å². The lowest BCUT2D eigenvalue weighted by atomic mass is 10.4. The molecule has 0 saturated carbocycles. The van der Waals surface area contributed by atoms with Crippen LogP contribution in [0.15, 0.2) is 30.3 Å². The van der Waals surface area contributed by atoms with Gasteiger partial charge in [-0.05, 0) is 6.04 Å². The van der Waals surface area contributed by atoms with Crippen molar-refractivity contribution in [2.24, 2.45) is 0 Å². The third-order valence-corrected chi connectivity index (χ3v) is 3.85. The lowest BCUT2D eigenvalue weighted by Crippen LogP contribution is -2.22. The highest BCUT2D eigenvalue weighted by Gasteiger charge is 2.04. The second-order valence-corrected chi connectivity index (χ2v) is 4.82. The normalized spacial score (nSPS) is 11.6. The highest BCUT2D eigenvalue weighted by Crippen LogP contribution is 1.97. The van der Waals surface area contributed by atoms with E-state index in [2.05, 4.69) is 24.3 Å². The van der Waals surface area contributed by atoms with Crippen molar-refractivity contribution in [3.63, 3.8) is 0 Å². The van der Waals surface area contributed by atoms with Crippen LogP contribution < -0.4 is 5.19 Å². The van der Waals surface area contributed by atoms with Gasteiger partial charge in [0.2, 0.25) is 0 Å². The third kappa shape index (κ3) is 3.72. The Hall–Kier alpha value is -0.643. The van der Waals surface area contributed by atoms with Crippen molar-refractivity contribution in [2.45, 2.75) is 12.3 Å². The quantitative estimate of drug-likeness (QED) is 0.505. The summed E-state index contributed by atoms with van der Waals surface area (Å²) >= 11 is 0. The van der Waals surface area contributed by atoms with Crippen LogP contribution in [0.1, 0.15) is 0 Å². The Bertz CT molecular complexity index is 222. The SMILES string of the molecule is COC(C[SiH2]c1ccccc1)OC. The Morgan fingerprint density at radius 3 is 2.31 bits per heavy atom. The van der Waals surface area contributed by atoms with E-state index in [1.165, 1.54) is 5.19 Å². The van der Waals surface area contributed by atoms with E-state index in [0.717, 1.165) is 6.04 Å². The minimum Gasteiger partial charge on any atom is -0.356 e. The van der Waals surface area contributed by atoms with E-state index in [1.54, 1.807) is 14.2 Å². The summed E-state index contributed by atoms with van der Waals surface area (Å²) in [5.74, 6) is 0. The van der Waals surface area contributed by atoms with Crippen molar-refractivity contribution in [1.82, 2.24) is 0 Å². The Balaban J connectivity index is 2.34. The van der Waals surface area contributed by atoms with E-state index in [1.807, 2.05) is 6.07 Å². The van der Waals surface area contributed by atoms with Gasteiger partial charge < -0.3 is 9.47 Å². The summed E-state index contributed by atoms with van der Waals surface area (Å²) in [4.78, 5) is 0. The molecule has 0 unspecified atom stereocenters. The predicted octanol–water partition coefficient (Wildman–Crippen LogP) is 0.518. The van der Waals surface area contributed by atoms with Gasteiger partial charge in [0.25, 0.3) is 0 Å².